The Morgan fingerprint density at radius 2 is 2.06 bits per heavy atom. The monoisotopic (exact) mass is 237 g/mol. The maximum absolute atomic E-state index is 6.02. The van der Waals surface area contributed by atoms with Crippen LogP contribution in [0.1, 0.15) is 56.2 Å². The van der Waals surface area contributed by atoms with Crippen LogP contribution < -0.4 is 5.73 Å². The Bertz CT molecular complexity index is 376. The third-order valence-electron chi connectivity index (χ3n) is 3.59. The van der Waals surface area contributed by atoms with E-state index >= 15 is 0 Å². The first-order chi connectivity index (χ1) is 8.33. The predicted octanol–water partition coefficient (Wildman–Crippen LogP) is 1.73. The predicted molar refractivity (Wildman–Crippen MR) is 61.3 cm³/mol. The summed E-state index contributed by atoms with van der Waals surface area (Å²) in [5, 5.41) is 3.93. The summed E-state index contributed by atoms with van der Waals surface area (Å²) in [6, 6.07) is 0.165. The molecular weight excluding hydrogens is 218 g/mol. The maximum Gasteiger partial charge on any atom is 0.229 e. The molecule has 2 N–H and O–H groups in total. The Morgan fingerprint density at radius 1 is 1.24 bits per heavy atom. The molecule has 94 valence electrons. The molecule has 5 nitrogen and oxygen atoms in total. The number of hydrogen-bond acceptors (Lipinski definition) is 5. The molecule has 2 aliphatic rings. The number of ether oxygens (including phenoxy) is 1. The first kappa shape index (κ1) is 11.2. The van der Waals surface area contributed by atoms with E-state index in [0.717, 1.165) is 18.7 Å². The molecule has 0 spiro atoms. The summed E-state index contributed by atoms with van der Waals surface area (Å²) in [7, 11) is 0. The molecule has 1 aromatic rings. The van der Waals surface area contributed by atoms with E-state index in [-0.39, 0.29) is 12.1 Å². The summed E-state index contributed by atoms with van der Waals surface area (Å²) >= 11 is 0. The van der Waals surface area contributed by atoms with Gasteiger partial charge in [0.2, 0.25) is 5.89 Å². The minimum absolute atomic E-state index is 0.159. The average Bonchev–Trinajstić information content (AvgIpc) is 3.08. The normalized spacial score (nSPS) is 29.5. The third-order valence-corrected chi connectivity index (χ3v) is 3.59. The Hall–Kier alpha value is -0.940. The molecule has 2 unspecified atom stereocenters. The molecule has 1 heterocycles. The van der Waals surface area contributed by atoms with E-state index in [1.165, 1.54) is 25.7 Å². The van der Waals surface area contributed by atoms with Crippen LogP contribution in [-0.4, -0.2) is 22.3 Å². The molecule has 0 saturated heterocycles. The highest BCUT2D eigenvalue weighted by molar-refractivity contribution is 5.01. The summed E-state index contributed by atoms with van der Waals surface area (Å²) in [5.41, 5.74) is 6.02. The standard InChI is InChI=1S/C12H19N3O2/c13-9-3-1-2-4-10(9)16-7-11-14-12(17-15-11)8-5-6-8/h8-10H,1-7,13H2. The van der Waals surface area contributed by atoms with Crippen molar-refractivity contribution < 1.29 is 9.26 Å². The van der Waals surface area contributed by atoms with Crippen molar-refractivity contribution in [2.45, 2.75) is 63.2 Å². The van der Waals surface area contributed by atoms with Crippen LogP contribution in [0.25, 0.3) is 0 Å². The SMILES string of the molecule is NC1CCCCC1OCc1noc(C2CC2)n1. The lowest BCUT2D eigenvalue weighted by molar-refractivity contribution is 0.000285. The first-order valence-electron chi connectivity index (χ1n) is 6.52. The molecule has 2 aliphatic carbocycles. The Balaban J connectivity index is 1.51. The van der Waals surface area contributed by atoms with Crippen molar-refractivity contribution in [2.24, 2.45) is 5.73 Å². The lowest BCUT2D eigenvalue weighted by Crippen LogP contribution is -2.39. The zero-order valence-electron chi connectivity index (χ0n) is 9.97. The van der Waals surface area contributed by atoms with E-state index in [4.69, 9.17) is 15.0 Å². The topological polar surface area (TPSA) is 74.2 Å². The highest BCUT2D eigenvalue weighted by atomic mass is 16.5. The van der Waals surface area contributed by atoms with Crippen LogP contribution in [-0.2, 0) is 11.3 Å². The van der Waals surface area contributed by atoms with Gasteiger partial charge in [0.15, 0.2) is 5.82 Å². The van der Waals surface area contributed by atoms with Crippen molar-refractivity contribution in [3.63, 3.8) is 0 Å². The molecule has 0 aliphatic heterocycles. The number of nitrogens with zero attached hydrogens (tertiary/aromatic N) is 2. The number of aromatic nitrogens is 2. The van der Waals surface area contributed by atoms with Crippen molar-refractivity contribution in [2.75, 3.05) is 0 Å². The Labute approximate surface area is 101 Å². The molecule has 17 heavy (non-hydrogen) atoms. The number of hydrogen-bond donors (Lipinski definition) is 1. The second kappa shape index (κ2) is 4.74. The molecule has 2 saturated carbocycles. The average molecular weight is 237 g/mol. The van der Waals surface area contributed by atoms with Gasteiger partial charge >= 0.3 is 0 Å². The summed E-state index contributed by atoms with van der Waals surface area (Å²) in [6.07, 6.45) is 7.05. The van der Waals surface area contributed by atoms with E-state index < -0.39 is 0 Å². The molecule has 1 aromatic heterocycles. The molecule has 0 amide bonds. The Kier molecular flexibility index (Phi) is 3.11. The number of rotatable bonds is 4. The van der Waals surface area contributed by atoms with Crippen LogP contribution in [0.4, 0.5) is 0 Å². The fourth-order valence-corrected chi connectivity index (χ4v) is 2.34. The van der Waals surface area contributed by atoms with Gasteiger partial charge in [0, 0.05) is 12.0 Å². The summed E-state index contributed by atoms with van der Waals surface area (Å²) in [4.78, 5) is 4.34. The fraction of sp³-hybridized carbons (Fsp3) is 0.833. The molecule has 0 radical (unpaired) electrons. The lowest BCUT2D eigenvalue weighted by atomic mass is 9.93. The van der Waals surface area contributed by atoms with Crippen molar-refractivity contribution in [3.8, 4) is 0 Å². The molecule has 3 rings (SSSR count). The van der Waals surface area contributed by atoms with Gasteiger partial charge in [-0.15, -0.1) is 0 Å². The van der Waals surface area contributed by atoms with Gasteiger partial charge in [-0.05, 0) is 25.7 Å². The summed E-state index contributed by atoms with van der Waals surface area (Å²) in [6.45, 7) is 0.425. The summed E-state index contributed by atoms with van der Waals surface area (Å²) < 4.78 is 11.0. The highest BCUT2D eigenvalue weighted by Gasteiger charge is 2.30. The van der Waals surface area contributed by atoms with Crippen LogP contribution in [0.5, 0.6) is 0 Å². The highest BCUT2D eigenvalue weighted by Crippen LogP contribution is 2.38. The van der Waals surface area contributed by atoms with Gasteiger partial charge in [-0.1, -0.05) is 18.0 Å². The van der Waals surface area contributed by atoms with Gasteiger partial charge in [0.1, 0.15) is 6.61 Å². The zero-order valence-corrected chi connectivity index (χ0v) is 9.97. The largest absolute Gasteiger partial charge is 0.368 e. The second-order valence-electron chi connectivity index (χ2n) is 5.12. The minimum atomic E-state index is 0.159. The molecule has 0 aromatic carbocycles. The first-order valence-corrected chi connectivity index (χ1v) is 6.52. The molecule has 5 heteroatoms. The fourth-order valence-electron chi connectivity index (χ4n) is 2.34. The lowest BCUT2D eigenvalue weighted by Gasteiger charge is -2.27. The second-order valence-corrected chi connectivity index (χ2v) is 5.12. The van der Waals surface area contributed by atoms with Crippen molar-refractivity contribution in [3.05, 3.63) is 11.7 Å². The van der Waals surface area contributed by atoms with E-state index in [2.05, 4.69) is 10.1 Å². The molecule has 2 atom stereocenters. The molecular formula is C12H19N3O2. The third kappa shape index (κ3) is 2.66. The van der Waals surface area contributed by atoms with Crippen molar-refractivity contribution >= 4 is 0 Å². The molecule has 2 fully saturated rings. The number of nitrogens with two attached hydrogens (primary N) is 1. The van der Waals surface area contributed by atoms with E-state index in [1.807, 2.05) is 0 Å². The van der Waals surface area contributed by atoms with Gasteiger partial charge in [-0.25, -0.2) is 0 Å². The van der Waals surface area contributed by atoms with E-state index in [1.54, 1.807) is 0 Å². The minimum Gasteiger partial charge on any atom is -0.368 e. The van der Waals surface area contributed by atoms with Gasteiger partial charge in [0.05, 0.1) is 6.10 Å². The summed E-state index contributed by atoms with van der Waals surface area (Å²) in [5.74, 6) is 1.94. The van der Waals surface area contributed by atoms with E-state index in [9.17, 15) is 0 Å². The van der Waals surface area contributed by atoms with Gasteiger partial charge < -0.3 is 15.0 Å². The van der Waals surface area contributed by atoms with Gasteiger partial charge in [-0.3, -0.25) is 0 Å². The zero-order chi connectivity index (χ0) is 11.7. The quantitative estimate of drug-likeness (QED) is 0.863. The van der Waals surface area contributed by atoms with Crippen LogP contribution >= 0.6 is 0 Å². The Morgan fingerprint density at radius 3 is 2.82 bits per heavy atom. The maximum atomic E-state index is 6.02. The van der Waals surface area contributed by atoms with Crippen molar-refractivity contribution in [1.82, 2.24) is 10.1 Å². The van der Waals surface area contributed by atoms with Crippen LogP contribution in [0, 0.1) is 0 Å². The van der Waals surface area contributed by atoms with Gasteiger partial charge in [-0.2, -0.15) is 4.98 Å². The van der Waals surface area contributed by atoms with E-state index in [0.29, 0.717) is 18.3 Å². The smallest absolute Gasteiger partial charge is 0.229 e. The van der Waals surface area contributed by atoms with Crippen molar-refractivity contribution in [1.29, 1.82) is 0 Å². The van der Waals surface area contributed by atoms with Crippen LogP contribution in [0.3, 0.4) is 0 Å². The van der Waals surface area contributed by atoms with Gasteiger partial charge in [0.25, 0.3) is 0 Å². The van der Waals surface area contributed by atoms with Crippen LogP contribution in [0.15, 0.2) is 4.52 Å². The van der Waals surface area contributed by atoms with Crippen LogP contribution in [0.2, 0.25) is 0 Å². The molecule has 0 bridgehead atoms.